The third kappa shape index (κ3) is 4.90. The Bertz CT molecular complexity index is 1070. The summed E-state index contributed by atoms with van der Waals surface area (Å²) in [5, 5.41) is 26.5. The number of aliphatic hydroxyl groups is 2. The lowest BCUT2D eigenvalue weighted by molar-refractivity contribution is 0.183. The summed E-state index contributed by atoms with van der Waals surface area (Å²) in [6.45, 7) is 8.29. The maximum Gasteiger partial charge on any atom is 0.229 e. The maximum absolute atomic E-state index is 9.97. The van der Waals surface area contributed by atoms with Gasteiger partial charge in [-0.2, -0.15) is 0 Å². The van der Waals surface area contributed by atoms with Gasteiger partial charge in [0.05, 0.1) is 18.4 Å². The number of anilines is 3. The highest BCUT2D eigenvalue weighted by Crippen LogP contribution is 2.26. The van der Waals surface area contributed by atoms with E-state index >= 15 is 0 Å². The van der Waals surface area contributed by atoms with Crippen LogP contribution in [-0.2, 0) is 13.0 Å². The number of hydrogen-bond acceptors (Lipinski definition) is 9. The van der Waals surface area contributed by atoms with Gasteiger partial charge in [-0.05, 0) is 38.5 Å². The van der Waals surface area contributed by atoms with Gasteiger partial charge in [-0.3, -0.25) is 4.90 Å². The molecule has 31 heavy (non-hydrogen) atoms. The van der Waals surface area contributed by atoms with Crippen molar-refractivity contribution in [2.75, 3.05) is 30.3 Å². The fourth-order valence-electron chi connectivity index (χ4n) is 3.70. The van der Waals surface area contributed by atoms with Crippen molar-refractivity contribution in [3.05, 3.63) is 41.3 Å². The average Bonchev–Trinajstić information content (AvgIpc) is 2.73. The Labute approximate surface area is 181 Å². The first-order valence-electron chi connectivity index (χ1n) is 10.6. The third-order valence-electron chi connectivity index (χ3n) is 5.22. The van der Waals surface area contributed by atoms with E-state index in [1.165, 1.54) is 5.56 Å². The van der Waals surface area contributed by atoms with Crippen LogP contribution in [0.25, 0.3) is 10.9 Å². The highest BCUT2D eigenvalue weighted by Gasteiger charge is 2.18. The number of hydrogen-bond donors (Lipinski definition) is 4. The van der Waals surface area contributed by atoms with Crippen LogP contribution in [0.4, 0.5) is 17.6 Å². The normalized spacial score (nSPS) is 15.2. The Morgan fingerprint density at radius 3 is 2.74 bits per heavy atom. The molecule has 0 saturated heterocycles. The summed E-state index contributed by atoms with van der Waals surface area (Å²) in [6.07, 6.45) is 1.90. The van der Waals surface area contributed by atoms with Gasteiger partial charge < -0.3 is 20.8 Å². The van der Waals surface area contributed by atoms with Crippen LogP contribution in [0.3, 0.4) is 0 Å². The van der Waals surface area contributed by atoms with E-state index in [1.807, 2.05) is 26.0 Å². The Morgan fingerprint density at radius 2 is 2.00 bits per heavy atom. The van der Waals surface area contributed by atoms with Crippen molar-refractivity contribution in [2.24, 2.45) is 0 Å². The van der Waals surface area contributed by atoms with Gasteiger partial charge in [0.2, 0.25) is 5.95 Å². The minimum absolute atomic E-state index is 0.166. The van der Waals surface area contributed by atoms with Crippen LogP contribution in [0.15, 0.2) is 24.4 Å². The summed E-state index contributed by atoms with van der Waals surface area (Å²) < 4.78 is 0. The van der Waals surface area contributed by atoms with Gasteiger partial charge in [-0.25, -0.2) is 19.9 Å². The number of aliphatic hydroxyl groups excluding tert-OH is 2. The molecule has 4 N–H and O–H groups in total. The largest absolute Gasteiger partial charge is 0.395 e. The Kier molecular flexibility index (Phi) is 6.26. The minimum atomic E-state index is -0.678. The summed E-state index contributed by atoms with van der Waals surface area (Å²) in [4.78, 5) is 20.6. The molecule has 9 nitrogen and oxygen atoms in total. The molecule has 0 spiro atoms. The number of β-amino-alcohol motifs (C(OH)–C–C–N with tert-alkyl or cyclic N) is 1. The first-order valence-corrected chi connectivity index (χ1v) is 10.6. The Balaban J connectivity index is 1.61. The molecule has 0 aliphatic carbocycles. The molecule has 0 saturated carbocycles. The summed E-state index contributed by atoms with van der Waals surface area (Å²) >= 11 is 0. The molecule has 9 heteroatoms. The highest BCUT2D eigenvalue weighted by atomic mass is 16.3. The molecule has 1 aliphatic rings. The van der Waals surface area contributed by atoms with E-state index in [1.54, 1.807) is 13.1 Å². The fraction of sp³-hybridized carbons (Fsp3) is 0.455. The number of pyridine rings is 2. The zero-order chi connectivity index (χ0) is 22.0. The number of aromatic nitrogens is 4. The molecule has 4 heterocycles. The molecule has 0 bridgehead atoms. The van der Waals surface area contributed by atoms with E-state index in [-0.39, 0.29) is 12.6 Å². The summed E-state index contributed by atoms with van der Waals surface area (Å²) in [6, 6.07) is 5.97. The molecular formula is C22H29N7O2. The molecule has 3 aromatic heterocycles. The molecule has 1 aliphatic heterocycles. The fourth-order valence-corrected chi connectivity index (χ4v) is 3.70. The van der Waals surface area contributed by atoms with Crippen LogP contribution in [0.1, 0.15) is 43.8 Å². The lowest BCUT2D eigenvalue weighted by Gasteiger charge is -2.27. The molecule has 3 aromatic rings. The van der Waals surface area contributed by atoms with E-state index in [2.05, 4.69) is 36.6 Å². The van der Waals surface area contributed by atoms with Crippen molar-refractivity contribution in [2.45, 2.75) is 45.9 Å². The van der Waals surface area contributed by atoms with Crippen molar-refractivity contribution in [3.8, 4) is 0 Å². The van der Waals surface area contributed by atoms with Crippen molar-refractivity contribution in [1.29, 1.82) is 0 Å². The van der Waals surface area contributed by atoms with Crippen LogP contribution < -0.4 is 10.6 Å². The van der Waals surface area contributed by atoms with E-state index in [4.69, 9.17) is 10.1 Å². The first kappa shape index (κ1) is 21.4. The van der Waals surface area contributed by atoms with Gasteiger partial charge in [0, 0.05) is 49.4 Å². The van der Waals surface area contributed by atoms with Crippen molar-refractivity contribution in [3.63, 3.8) is 0 Å². The molecule has 0 aromatic carbocycles. The lowest BCUT2D eigenvalue weighted by atomic mass is 10.1. The number of nitrogens with zero attached hydrogens (tertiary/aromatic N) is 5. The topological polar surface area (TPSA) is 119 Å². The number of nitrogens with one attached hydrogen (secondary N) is 2. The second kappa shape index (κ2) is 9.09. The van der Waals surface area contributed by atoms with Crippen molar-refractivity contribution >= 4 is 28.5 Å². The Morgan fingerprint density at radius 1 is 1.16 bits per heavy atom. The monoisotopic (exact) mass is 423 g/mol. The predicted octanol–water partition coefficient (Wildman–Crippen LogP) is 2.39. The molecule has 0 fully saturated rings. The van der Waals surface area contributed by atoms with Crippen LogP contribution in [-0.4, -0.2) is 60.8 Å². The summed E-state index contributed by atoms with van der Waals surface area (Å²) in [5.74, 6) is 1.76. The van der Waals surface area contributed by atoms with Crippen molar-refractivity contribution in [1.82, 2.24) is 24.8 Å². The standard InChI is InChI=1S/C22H29N7O2/c1-13(2)24-21-20-16(10-18(26-21)14(3)31)11-23-22(28-20)27-19-5-4-15-12-29(8-9-30)7-6-17(15)25-19/h4-5,10-11,13-14,30-31H,6-9,12H2,1-3H3,(H,24,26)(H,23,25,27,28)/t14-/m1/s1. The third-order valence-corrected chi connectivity index (χ3v) is 5.22. The number of rotatable bonds is 7. The zero-order valence-corrected chi connectivity index (χ0v) is 18.1. The van der Waals surface area contributed by atoms with Gasteiger partial charge in [0.25, 0.3) is 0 Å². The number of fused-ring (bicyclic) bond motifs is 2. The summed E-state index contributed by atoms with van der Waals surface area (Å²) in [7, 11) is 0. The van der Waals surface area contributed by atoms with Gasteiger partial charge in [-0.15, -0.1) is 0 Å². The maximum atomic E-state index is 9.97. The van der Waals surface area contributed by atoms with Gasteiger partial charge in [0.15, 0.2) is 5.82 Å². The second-order valence-electron chi connectivity index (χ2n) is 8.18. The molecular weight excluding hydrogens is 394 g/mol. The van der Waals surface area contributed by atoms with E-state index < -0.39 is 6.10 Å². The molecule has 164 valence electrons. The van der Waals surface area contributed by atoms with Crippen LogP contribution >= 0.6 is 0 Å². The SMILES string of the molecule is CC(C)Nc1nc([C@@H](C)O)cc2cnc(Nc3ccc4c(n3)CCN(CCO)C4)nc12. The van der Waals surface area contributed by atoms with Gasteiger partial charge >= 0.3 is 0 Å². The average molecular weight is 424 g/mol. The second-order valence-corrected chi connectivity index (χ2v) is 8.18. The smallest absolute Gasteiger partial charge is 0.229 e. The van der Waals surface area contributed by atoms with E-state index in [0.29, 0.717) is 35.3 Å². The summed E-state index contributed by atoms with van der Waals surface area (Å²) in [5.41, 5.74) is 3.51. The highest BCUT2D eigenvalue weighted by molar-refractivity contribution is 5.89. The molecule has 0 unspecified atom stereocenters. The quantitative estimate of drug-likeness (QED) is 0.454. The first-order chi connectivity index (χ1) is 14.9. The molecule has 1 atom stereocenters. The minimum Gasteiger partial charge on any atom is -0.395 e. The van der Waals surface area contributed by atoms with Crippen LogP contribution in [0.5, 0.6) is 0 Å². The van der Waals surface area contributed by atoms with Crippen molar-refractivity contribution < 1.29 is 10.2 Å². The molecule has 0 amide bonds. The van der Waals surface area contributed by atoms with Crippen LogP contribution in [0, 0.1) is 0 Å². The van der Waals surface area contributed by atoms with Gasteiger partial charge in [-0.1, -0.05) is 6.07 Å². The predicted molar refractivity (Wildman–Crippen MR) is 120 cm³/mol. The lowest BCUT2D eigenvalue weighted by Crippen LogP contribution is -2.33. The molecule has 4 rings (SSSR count). The zero-order valence-electron chi connectivity index (χ0n) is 18.1. The van der Waals surface area contributed by atoms with E-state index in [9.17, 15) is 5.11 Å². The Hall–Kier alpha value is -2.88. The van der Waals surface area contributed by atoms with Gasteiger partial charge in [0.1, 0.15) is 11.3 Å². The molecule has 0 radical (unpaired) electrons. The van der Waals surface area contributed by atoms with E-state index in [0.717, 1.165) is 30.6 Å². The van der Waals surface area contributed by atoms with Crippen LogP contribution in [0.2, 0.25) is 0 Å².